The first kappa shape index (κ1) is 31.2. The second-order valence-corrected chi connectivity index (χ2v) is 13.0. The zero-order chi connectivity index (χ0) is 32.7. The second-order valence-electron chi connectivity index (χ2n) is 12.5. The number of ether oxygens (including phenoxy) is 2. The maximum atomic E-state index is 14.0. The molecular weight excluding hydrogens is 619 g/mol. The van der Waals surface area contributed by atoms with Crippen LogP contribution in [0.25, 0.3) is 32.8 Å². The Kier molecular flexibility index (Phi) is 8.60. The Balaban J connectivity index is 1.39. The number of nitriles is 1. The van der Waals surface area contributed by atoms with Gasteiger partial charge >= 0.3 is 6.01 Å². The van der Waals surface area contributed by atoms with Crippen LogP contribution in [0, 0.1) is 11.3 Å². The molecule has 11 heteroatoms. The van der Waals surface area contributed by atoms with E-state index in [1.54, 1.807) is 0 Å². The Morgan fingerprint density at radius 1 is 1.15 bits per heavy atom. The quantitative estimate of drug-likeness (QED) is 0.214. The molecule has 2 fully saturated rings. The fourth-order valence-corrected chi connectivity index (χ4v) is 7.39. The lowest BCUT2D eigenvalue weighted by molar-refractivity contribution is -0.131. The highest BCUT2D eigenvalue weighted by Gasteiger charge is 2.35. The van der Waals surface area contributed by atoms with Gasteiger partial charge in [-0.15, -0.1) is 0 Å². The smallest absolute Gasteiger partial charge is 0.319 e. The van der Waals surface area contributed by atoms with E-state index < -0.39 is 17.8 Å². The molecule has 4 aromatic rings. The lowest BCUT2D eigenvalue weighted by Crippen LogP contribution is -2.55. The number of hydrogen-bond acceptors (Lipinski definition) is 8. The molecule has 1 aromatic heterocycles. The third-order valence-corrected chi connectivity index (χ3v) is 9.87. The van der Waals surface area contributed by atoms with Crippen LogP contribution in [0.3, 0.4) is 0 Å². The van der Waals surface area contributed by atoms with Crippen LogP contribution in [0.5, 0.6) is 11.8 Å². The first-order chi connectivity index (χ1) is 22.8. The van der Waals surface area contributed by atoms with Crippen LogP contribution >= 0.6 is 11.6 Å². The number of nitrogens with zero attached hydrogens (tertiary/aromatic N) is 6. The highest BCUT2D eigenvalue weighted by Crippen LogP contribution is 2.46. The van der Waals surface area contributed by atoms with Crippen LogP contribution in [-0.2, 0) is 11.2 Å². The third kappa shape index (κ3) is 5.94. The van der Waals surface area contributed by atoms with Crippen molar-refractivity contribution >= 4 is 45.0 Å². The number of carbonyl (C=O) groups is 1. The number of rotatable bonds is 7. The van der Waals surface area contributed by atoms with Crippen LogP contribution in [0.15, 0.2) is 54.9 Å². The van der Waals surface area contributed by atoms with Crippen LogP contribution in [0.1, 0.15) is 31.2 Å². The summed E-state index contributed by atoms with van der Waals surface area (Å²) in [6.07, 6.45) is 3.86. The molecule has 1 amide bonds. The Morgan fingerprint density at radius 2 is 2.02 bits per heavy atom. The monoisotopic (exact) mass is 654 g/mol. The summed E-state index contributed by atoms with van der Waals surface area (Å²) < 4.78 is 26.7. The summed E-state index contributed by atoms with van der Waals surface area (Å²) in [5.74, 6) is -0.481. The van der Waals surface area contributed by atoms with E-state index in [2.05, 4.69) is 42.8 Å². The molecule has 4 heterocycles. The van der Waals surface area contributed by atoms with Gasteiger partial charge in [-0.2, -0.15) is 15.2 Å². The predicted octanol–water partition coefficient (Wildman–Crippen LogP) is 6.32. The second kappa shape index (κ2) is 13.0. The fraction of sp³-hybridized carbons (Fsp3) is 0.389. The van der Waals surface area contributed by atoms with Crippen molar-refractivity contribution < 1.29 is 18.7 Å². The van der Waals surface area contributed by atoms with Crippen molar-refractivity contribution in [1.82, 2.24) is 19.8 Å². The lowest BCUT2D eigenvalue weighted by atomic mass is 9.89. The molecule has 2 atom stereocenters. The summed E-state index contributed by atoms with van der Waals surface area (Å²) >= 11 is 6.48. The largest absolute Gasteiger partial charge is 0.492 e. The van der Waals surface area contributed by atoms with Crippen LogP contribution < -0.4 is 14.4 Å². The van der Waals surface area contributed by atoms with Gasteiger partial charge in [-0.1, -0.05) is 42.4 Å². The highest BCUT2D eigenvalue weighted by atomic mass is 35.5. The minimum Gasteiger partial charge on any atom is -0.492 e. The molecule has 2 saturated heterocycles. The van der Waals surface area contributed by atoms with Gasteiger partial charge in [-0.25, -0.2) is 4.39 Å². The number of hydrogen-bond donors (Lipinski definition) is 0. The van der Waals surface area contributed by atoms with Gasteiger partial charge in [0.2, 0.25) is 0 Å². The van der Waals surface area contributed by atoms with E-state index in [9.17, 15) is 14.4 Å². The van der Waals surface area contributed by atoms with Gasteiger partial charge in [0.25, 0.3) is 5.91 Å². The number of carbonyl (C=O) groups excluding carboxylic acids is 1. The molecule has 47 heavy (non-hydrogen) atoms. The van der Waals surface area contributed by atoms with Crippen LogP contribution in [0.4, 0.5) is 10.2 Å². The zero-order valence-corrected chi connectivity index (χ0v) is 27.1. The standard InChI is InChI=1S/C36H36ClFN6O3/c1-22(38)35(45)44-16-15-43(20-25(44)12-13-39)34-32-31(40-36(41-34)47-21-26-7-4-14-42(26)2)19-30(28-9-5-17-46-33(28)32)27-8-3-6-23-10-11-24(37)18-29(23)27/h3,6,8,10-11,18-19,25-26H,1,4-5,7,9,12,14-17,20-21H2,2H3. The van der Waals surface area contributed by atoms with Crippen molar-refractivity contribution in [2.75, 3.05) is 51.3 Å². The van der Waals surface area contributed by atoms with Gasteiger partial charge in [-0.3, -0.25) is 4.79 Å². The number of aromatic nitrogens is 2. The van der Waals surface area contributed by atoms with E-state index in [1.807, 2.05) is 29.2 Å². The topological polar surface area (TPSA) is 94.8 Å². The van der Waals surface area contributed by atoms with Gasteiger partial charge in [0.05, 0.1) is 36.0 Å². The van der Waals surface area contributed by atoms with Crippen molar-refractivity contribution in [3.63, 3.8) is 0 Å². The number of likely N-dealkylation sites (tertiary alicyclic amines) is 1. The number of amides is 1. The number of anilines is 1. The Labute approximate surface area is 278 Å². The summed E-state index contributed by atoms with van der Waals surface area (Å²) in [5.41, 5.74) is 3.80. The van der Waals surface area contributed by atoms with Crippen LogP contribution in [-0.4, -0.2) is 84.2 Å². The lowest BCUT2D eigenvalue weighted by Gasteiger charge is -2.41. The van der Waals surface area contributed by atoms with Gasteiger partial charge in [-0.05, 0) is 79.4 Å². The zero-order valence-electron chi connectivity index (χ0n) is 26.3. The van der Waals surface area contributed by atoms with Crippen molar-refractivity contribution in [2.45, 2.75) is 44.2 Å². The molecule has 7 rings (SSSR count). The molecule has 3 aliphatic heterocycles. The van der Waals surface area contributed by atoms with E-state index in [-0.39, 0.29) is 31.6 Å². The summed E-state index contributed by atoms with van der Waals surface area (Å²) in [7, 11) is 2.10. The number of benzene rings is 3. The first-order valence-corrected chi connectivity index (χ1v) is 16.5. The Morgan fingerprint density at radius 3 is 2.81 bits per heavy atom. The number of fused-ring (bicyclic) bond motifs is 4. The van der Waals surface area contributed by atoms with E-state index in [4.69, 9.17) is 31.0 Å². The fourth-order valence-electron chi connectivity index (χ4n) is 7.22. The average Bonchev–Trinajstić information content (AvgIpc) is 3.50. The first-order valence-electron chi connectivity index (χ1n) is 16.1. The molecule has 0 spiro atoms. The minimum atomic E-state index is -1.04. The maximum absolute atomic E-state index is 14.0. The van der Waals surface area contributed by atoms with Crippen molar-refractivity contribution in [1.29, 1.82) is 5.26 Å². The molecule has 0 bridgehead atoms. The van der Waals surface area contributed by atoms with Gasteiger partial charge < -0.3 is 24.2 Å². The van der Waals surface area contributed by atoms with E-state index in [0.29, 0.717) is 36.1 Å². The Hall–Kier alpha value is -4.46. The molecule has 3 aromatic carbocycles. The Bertz CT molecular complexity index is 1930. The van der Waals surface area contributed by atoms with Crippen LogP contribution in [0.2, 0.25) is 5.02 Å². The van der Waals surface area contributed by atoms with E-state index >= 15 is 0 Å². The number of piperazine rings is 1. The third-order valence-electron chi connectivity index (χ3n) is 9.64. The summed E-state index contributed by atoms with van der Waals surface area (Å²) in [4.78, 5) is 28.3. The van der Waals surface area contributed by atoms with Gasteiger partial charge in [0.1, 0.15) is 18.2 Å². The molecule has 242 valence electrons. The SMILES string of the molecule is C=C(F)C(=O)N1CCN(c2nc(OCC3CCCN3C)nc3cc(-c4cccc5ccc(Cl)cc45)c4c(c23)OCCC4)CC1CC#N. The average molecular weight is 655 g/mol. The summed E-state index contributed by atoms with van der Waals surface area (Å²) in [5, 5.41) is 13.2. The van der Waals surface area contributed by atoms with E-state index in [0.717, 1.165) is 70.8 Å². The predicted molar refractivity (Wildman–Crippen MR) is 181 cm³/mol. The summed E-state index contributed by atoms with van der Waals surface area (Å²) in [6.45, 7) is 6.09. The molecule has 9 nitrogen and oxygen atoms in total. The van der Waals surface area contributed by atoms with Gasteiger partial charge in [0.15, 0.2) is 5.83 Å². The maximum Gasteiger partial charge on any atom is 0.319 e. The normalized spacial score (nSPS) is 19.8. The highest BCUT2D eigenvalue weighted by molar-refractivity contribution is 6.31. The molecule has 0 aliphatic carbocycles. The minimum absolute atomic E-state index is 0.0400. The molecule has 3 aliphatic rings. The molecule has 0 N–H and O–H groups in total. The molecule has 2 unspecified atom stereocenters. The molecule has 0 radical (unpaired) electrons. The summed E-state index contributed by atoms with van der Waals surface area (Å²) in [6, 6.07) is 16.4. The van der Waals surface area contributed by atoms with Crippen molar-refractivity contribution in [2.24, 2.45) is 0 Å². The van der Waals surface area contributed by atoms with Crippen molar-refractivity contribution in [3.8, 4) is 29.0 Å². The van der Waals surface area contributed by atoms with E-state index in [1.165, 1.54) is 4.90 Å². The van der Waals surface area contributed by atoms with Crippen molar-refractivity contribution in [3.05, 3.63) is 65.5 Å². The molecular formula is C36H36ClFN6O3. The number of likely N-dealkylation sites (N-methyl/N-ethyl adjacent to an activating group) is 1. The number of halogens is 2. The van der Waals surface area contributed by atoms with Gasteiger partial charge in [0, 0.05) is 36.3 Å². The molecule has 0 saturated carbocycles.